The molecule has 0 saturated carbocycles. The van der Waals surface area contributed by atoms with Crippen molar-refractivity contribution in [3.05, 3.63) is 0 Å². The maximum Gasteiger partial charge on any atom is 0.0851 e. The van der Waals surface area contributed by atoms with Crippen LogP contribution in [0.4, 0.5) is 0 Å². The minimum absolute atomic E-state index is 0.275. The van der Waals surface area contributed by atoms with E-state index in [1.54, 1.807) is 12.1 Å². The highest BCUT2D eigenvalue weighted by atomic mass is 28.2. The van der Waals surface area contributed by atoms with E-state index in [0.29, 0.717) is 0 Å². The Morgan fingerprint density at radius 3 is 2.14 bits per heavy atom. The molecule has 21 heavy (non-hydrogen) atoms. The van der Waals surface area contributed by atoms with Gasteiger partial charge in [-0.15, -0.1) is 0 Å². The van der Waals surface area contributed by atoms with Crippen LogP contribution in [0, 0.1) is 0 Å². The fourth-order valence-electron chi connectivity index (χ4n) is 2.94. The monoisotopic (exact) mass is 327 g/mol. The summed E-state index contributed by atoms with van der Waals surface area (Å²) in [4.78, 5) is 9.43. The lowest BCUT2D eigenvalue weighted by atomic mass is 10.3. The summed E-state index contributed by atoms with van der Waals surface area (Å²) in [5, 5.41) is 0. The second kappa shape index (κ2) is 13.5. The summed E-state index contributed by atoms with van der Waals surface area (Å²) >= 11 is 0. The van der Waals surface area contributed by atoms with Crippen molar-refractivity contribution in [3.63, 3.8) is 0 Å². The summed E-state index contributed by atoms with van der Waals surface area (Å²) in [6, 6.07) is 6.07. The van der Waals surface area contributed by atoms with E-state index in [-0.39, 0.29) is 19.0 Å². The second-order valence-corrected chi connectivity index (χ2v) is 11.2. The average Bonchev–Trinajstić information content (AvgIpc) is 3.00. The fourth-order valence-corrected chi connectivity index (χ4v) is 5.10. The minimum atomic E-state index is 0.275. The molecule has 0 aromatic heterocycles. The first-order valence-corrected chi connectivity index (χ1v) is 13.3. The second-order valence-electron chi connectivity index (χ2n) is 6.37. The molecule has 0 aromatic carbocycles. The van der Waals surface area contributed by atoms with Crippen LogP contribution in [0.2, 0.25) is 24.2 Å². The van der Waals surface area contributed by atoms with Gasteiger partial charge in [-0.05, 0) is 38.9 Å². The Morgan fingerprint density at radius 1 is 1.00 bits per heavy atom. The first kappa shape index (κ1) is 18.9. The Bertz CT molecular complexity index is 250. The number of aliphatic imine (C=N–C) groups is 1. The highest BCUT2D eigenvalue weighted by Crippen LogP contribution is 2.04. The van der Waals surface area contributed by atoms with Crippen LogP contribution < -0.4 is 0 Å². The number of hydrogen-bond acceptors (Lipinski definition) is 3. The maximum atomic E-state index is 4.30. The molecule has 0 bridgehead atoms. The minimum Gasteiger partial charge on any atom is -0.361 e. The zero-order chi connectivity index (χ0) is 15.2. The highest BCUT2D eigenvalue weighted by molar-refractivity contribution is 6.35. The molecule has 5 heteroatoms. The molecule has 124 valence electrons. The van der Waals surface area contributed by atoms with E-state index in [1.165, 1.54) is 57.5 Å². The standard InChI is InChI=1S/C16H37N3Si2/c1-3-20-14-6-11-18(12-7-15-21-4-2)9-5-10-19-13-8-17-16-19/h16H,3-15,20-21H2,1-2H3. The van der Waals surface area contributed by atoms with Crippen LogP contribution in [0.1, 0.15) is 33.1 Å². The normalized spacial score (nSPS) is 15.7. The topological polar surface area (TPSA) is 18.8 Å². The molecule has 1 aliphatic rings. The summed E-state index contributed by atoms with van der Waals surface area (Å²) in [6.07, 6.45) is 6.26. The summed E-state index contributed by atoms with van der Waals surface area (Å²) in [5.41, 5.74) is 0. The van der Waals surface area contributed by atoms with Gasteiger partial charge in [-0.2, -0.15) is 0 Å². The van der Waals surface area contributed by atoms with E-state index in [1.807, 2.05) is 6.34 Å². The van der Waals surface area contributed by atoms with Gasteiger partial charge in [-0.1, -0.05) is 38.0 Å². The summed E-state index contributed by atoms with van der Waals surface area (Å²) in [7, 11) is 0.550. The molecule has 0 radical (unpaired) electrons. The van der Waals surface area contributed by atoms with Gasteiger partial charge in [0.15, 0.2) is 0 Å². The van der Waals surface area contributed by atoms with Crippen LogP contribution in [0.15, 0.2) is 4.99 Å². The van der Waals surface area contributed by atoms with Gasteiger partial charge in [0.2, 0.25) is 0 Å². The lowest BCUT2D eigenvalue weighted by Crippen LogP contribution is -2.30. The van der Waals surface area contributed by atoms with E-state index in [9.17, 15) is 0 Å². The lowest BCUT2D eigenvalue weighted by molar-refractivity contribution is 0.261. The molecule has 1 aliphatic heterocycles. The van der Waals surface area contributed by atoms with Crippen LogP contribution in [0.3, 0.4) is 0 Å². The summed E-state index contributed by atoms with van der Waals surface area (Å²) < 4.78 is 0. The summed E-state index contributed by atoms with van der Waals surface area (Å²) in [6.45, 7) is 12.1. The molecule has 0 fully saturated rings. The predicted molar refractivity (Wildman–Crippen MR) is 103 cm³/mol. The van der Waals surface area contributed by atoms with E-state index in [4.69, 9.17) is 0 Å². The van der Waals surface area contributed by atoms with Crippen molar-refractivity contribution in [1.82, 2.24) is 9.80 Å². The van der Waals surface area contributed by atoms with Gasteiger partial charge >= 0.3 is 0 Å². The van der Waals surface area contributed by atoms with Gasteiger partial charge in [0.1, 0.15) is 0 Å². The van der Waals surface area contributed by atoms with E-state index in [2.05, 4.69) is 28.6 Å². The Labute approximate surface area is 137 Å². The van der Waals surface area contributed by atoms with Crippen molar-refractivity contribution < 1.29 is 0 Å². The van der Waals surface area contributed by atoms with E-state index >= 15 is 0 Å². The smallest absolute Gasteiger partial charge is 0.0851 e. The summed E-state index contributed by atoms with van der Waals surface area (Å²) in [5.74, 6) is 0. The van der Waals surface area contributed by atoms with Gasteiger partial charge in [0, 0.05) is 32.1 Å². The number of rotatable bonds is 14. The first-order chi connectivity index (χ1) is 10.4. The molecule has 0 N–H and O–H groups in total. The first-order valence-electron chi connectivity index (χ1n) is 9.33. The Hall–Kier alpha value is -0.136. The molecule has 0 aliphatic carbocycles. The molecule has 1 heterocycles. The van der Waals surface area contributed by atoms with Gasteiger partial charge < -0.3 is 9.80 Å². The zero-order valence-corrected chi connectivity index (χ0v) is 17.4. The van der Waals surface area contributed by atoms with Crippen molar-refractivity contribution in [1.29, 1.82) is 0 Å². The van der Waals surface area contributed by atoms with Gasteiger partial charge in [-0.3, -0.25) is 4.99 Å². The SMILES string of the molecule is CC[SiH2]CCCN(CCC[SiH2]CC)CCCN1C=NCC1. The molecule has 1 rings (SSSR count). The Kier molecular flexibility index (Phi) is 12.2. The molecule has 3 nitrogen and oxygen atoms in total. The molecule has 0 saturated heterocycles. The highest BCUT2D eigenvalue weighted by Gasteiger charge is 2.08. The third-order valence-corrected chi connectivity index (χ3v) is 7.75. The maximum absolute atomic E-state index is 4.30. The molecule has 0 atom stereocenters. The molecule has 0 aromatic rings. The van der Waals surface area contributed by atoms with Crippen LogP contribution >= 0.6 is 0 Å². The third kappa shape index (κ3) is 10.3. The van der Waals surface area contributed by atoms with Crippen LogP contribution in [0.5, 0.6) is 0 Å². The zero-order valence-electron chi connectivity index (χ0n) is 14.5. The number of hydrogen-bond donors (Lipinski definition) is 0. The molecule has 0 spiro atoms. The number of nitrogens with zero attached hydrogens (tertiary/aromatic N) is 3. The van der Waals surface area contributed by atoms with Gasteiger partial charge in [0.25, 0.3) is 0 Å². The van der Waals surface area contributed by atoms with Crippen molar-refractivity contribution >= 4 is 25.4 Å². The predicted octanol–water partition coefficient (Wildman–Crippen LogP) is 1.85. The van der Waals surface area contributed by atoms with Crippen molar-refractivity contribution in [2.75, 3.05) is 39.3 Å². The quantitative estimate of drug-likeness (QED) is 0.358. The molecular formula is C16H37N3Si2. The van der Waals surface area contributed by atoms with Crippen LogP contribution in [-0.2, 0) is 0 Å². The van der Waals surface area contributed by atoms with E-state index < -0.39 is 0 Å². The van der Waals surface area contributed by atoms with Crippen LogP contribution in [0.25, 0.3) is 0 Å². The van der Waals surface area contributed by atoms with Gasteiger partial charge in [-0.25, -0.2) is 0 Å². The third-order valence-electron chi connectivity index (χ3n) is 4.34. The van der Waals surface area contributed by atoms with Gasteiger partial charge in [0.05, 0.1) is 12.9 Å². The Balaban J connectivity index is 2.13. The largest absolute Gasteiger partial charge is 0.361 e. The van der Waals surface area contributed by atoms with E-state index in [0.717, 1.165) is 13.1 Å². The fraction of sp³-hybridized carbons (Fsp3) is 0.938. The van der Waals surface area contributed by atoms with Crippen LogP contribution in [-0.4, -0.2) is 74.4 Å². The van der Waals surface area contributed by atoms with Crippen molar-refractivity contribution in [3.8, 4) is 0 Å². The average molecular weight is 328 g/mol. The van der Waals surface area contributed by atoms with Crippen molar-refractivity contribution in [2.45, 2.75) is 57.3 Å². The Morgan fingerprint density at radius 2 is 1.62 bits per heavy atom. The molecule has 0 amide bonds. The lowest BCUT2D eigenvalue weighted by Gasteiger charge is -2.23. The molecule has 0 unspecified atom stereocenters. The van der Waals surface area contributed by atoms with Crippen molar-refractivity contribution in [2.24, 2.45) is 4.99 Å². The molecular weight excluding hydrogens is 290 g/mol.